The summed E-state index contributed by atoms with van der Waals surface area (Å²) in [5.74, 6) is 0. The summed E-state index contributed by atoms with van der Waals surface area (Å²) in [5.41, 5.74) is 5.69. The smallest absolute Gasteiger partial charge is 0.0651 e. The minimum absolute atomic E-state index is 0.120. The van der Waals surface area contributed by atoms with Gasteiger partial charge in [-0.15, -0.1) is 0 Å². The molecule has 3 aliphatic rings. The summed E-state index contributed by atoms with van der Waals surface area (Å²) >= 11 is 0. The fourth-order valence-electron chi connectivity index (χ4n) is 3.81. The minimum atomic E-state index is -0.120. The molecule has 1 aromatic rings. The van der Waals surface area contributed by atoms with Gasteiger partial charge in [0.2, 0.25) is 0 Å². The lowest BCUT2D eigenvalue weighted by molar-refractivity contribution is -0.0842. The standard InChI is InChI=1S/C16H21NO2/c18-9-16(10-19-11-16)14-7-12-3-1-5-17-6-2-4-13(8-14)15(12)17/h7-8,18H,1-6,9-11H2. The van der Waals surface area contributed by atoms with E-state index in [1.807, 2.05) is 0 Å². The van der Waals surface area contributed by atoms with E-state index in [9.17, 15) is 5.11 Å². The Hall–Kier alpha value is -1.06. The van der Waals surface area contributed by atoms with Crippen molar-refractivity contribution in [2.24, 2.45) is 0 Å². The SMILES string of the molecule is OCC1(c2cc3c4c(c2)CCCN4CCC3)COC1. The summed E-state index contributed by atoms with van der Waals surface area (Å²) in [6.45, 7) is 3.98. The largest absolute Gasteiger partial charge is 0.395 e. The number of hydrogen-bond acceptors (Lipinski definition) is 3. The summed E-state index contributed by atoms with van der Waals surface area (Å²) in [6, 6.07) is 4.68. The Morgan fingerprint density at radius 1 is 1.11 bits per heavy atom. The highest BCUT2D eigenvalue weighted by atomic mass is 16.5. The van der Waals surface area contributed by atoms with Crippen molar-refractivity contribution in [1.29, 1.82) is 0 Å². The van der Waals surface area contributed by atoms with E-state index in [0.29, 0.717) is 13.2 Å². The first-order chi connectivity index (χ1) is 9.32. The molecule has 1 saturated heterocycles. The van der Waals surface area contributed by atoms with Crippen LogP contribution in [0.15, 0.2) is 12.1 Å². The number of nitrogens with zero attached hydrogens (tertiary/aromatic N) is 1. The molecule has 4 rings (SSSR count). The van der Waals surface area contributed by atoms with Gasteiger partial charge in [-0.25, -0.2) is 0 Å². The molecule has 0 aromatic heterocycles. The van der Waals surface area contributed by atoms with Gasteiger partial charge in [0.05, 0.1) is 25.2 Å². The molecule has 1 aromatic carbocycles. The molecule has 1 fully saturated rings. The normalized spacial score (nSPS) is 23.7. The van der Waals surface area contributed by atoms with Crippen LogP contribution in [0.5, 0.6) is 0 Å². The van der Waals surface area contributed by atoms with E-state index < -0.39 is 0 Å². The molecule has 0 aliphatic carbocycles. The quantitative estimate of drug-likeness (QED) is 0.876. The van der Waals surface area contributed by atoms with E-state index in [4.69, 9.17) is 4.74 Å². The predicted molar refractivity (Wildman–Crippen MR) is 74.9 cm³/mol. The molecule has 0 unspecified atom stereocenters. The minimum Gasteiger partial charge on any atom is -0.395 e. The summed E-state index contributed by atoms with van der Waals surface area (Å²) < 4.78 is 5.37. The third kappa shape index (κ3) is 1.65. The molecular formula is C16H21NO2. The number of aliphatic hydroxyl groups excluding tert-OH is 1. The van der Waals surface area contributed by atoms with Crippen LogP contribution >= 0.6 is 0 Å². The predicted octanol–water partition coefficient (Wildman–Crippen LogP) is 1.65. The van der Waals surface area contributed by atoms with Crippen LogP contribution in [0.2, 0.25) is 0 Å². The fourth-order valence-corrected chi connectivity index (χ4v) is 3.81. The monoisotopic (exact) mass is 259 g/mol. The summed E-state index contributed by atoms with van der Waals surface area (Å²) in [6.07, 6.45) is 4.90. The summed E-state index contributed by atoms with van der Waals surface area (Å²) in [5, 5.41) is 9.73. The third-order valence-electron chi connectivity index (χ3n) is 5.00. The van der Waals surface area contributed by atoms with Gasteiger partial charge in [0.25, 0.3) is 0 Å². The number of aliphatic hydroxyl groups is 1. The second-order valence-corrected chi connectivity index (χ2v) is 6.27. The maximum absolute atomic E-state index is 9.73. The van der Waals surface area contributed by atoms with Gasteiger partial charge in [-0.1, -0.05) is 12.1 Å². The van der Waals surface area contributed by atoms with Crippen LogP contribution in [0.4, 0.5) is 5.69 Å². The van der Waals surface area contributed by atoms with E-state index in [1.54, 1.807) is 0 Å². The van der Waals surface area contributed by atoms with Gasteiger partial charge in [-0.2, -0.15) is 0 Å². The molecule has 3 heterocycles. The number of hydrogen-bond donors (Lipinski definition) is 1. The third-order valence-corrected chi connectivity index (χ3v) is 5.00. The topological polar surface area (TPSA) is 32.7 Å². The second-order valence-electron chi connectivity index (χ2n) is 6.27. The van der Waals surface area contributed by atoms with Gasteiger partial charge in [0, 0.05) is 18.8 Å². The van der Waals surface area contributed by atoms with Crippen molar-refractivity contribution < 1.29 is 9.84 Å². The molecular weight excluding hydrogens is 238 g/mol. The van der Waals surface area contributed by atoms with Crippen LogP contribution in [0.3, 0.4) is 0 Å². The highest BCUT2D eigenvalue weighted by Gasteiger charge is 2.41. The zero-order valence-corrected chi connectivity index (χ0v) is 11.3. The maximum atomic E-state index is 9.73. The molecule has 3 heteroatoms. The van der Waals surface area contributed by atoms with Crippen LogP contribution in [-0.4, -0.2) is 38.0 Å². The van der Waals surface area contributed by atoms with Gasteiger partial charge in [0.15, 0.2) is 0 Å². The molecule has 0 spiro atoms. The van der Waals surface area contributed by atoms with Crippen molar-refractivity contribution in [2.45, 2.75) is 31.1 Å². The molecule has 0 atom stereocenters. The molecule has 0 bridgehead atoms. The van der Waals surface area contributed by atoms with Gasteiger partial charge in [0.1, 0.15) is 0 Å². The fraction of sp³-hybridized carbons (Fsp3) is 0.625. The first-order valence-electron chi connectivity index (χ1n) is 7.42. The summed E-state index contributed by atoms with van der Waals surface area (Å²) in [7, 11) is 0. The van der Waals surface area contributed by atoms with Crippen LogP contribution in [-0.2, 0) is 23.0 Å². The van der Waals surface area contributed by atoms with Gasteiger partial charge >= 0.3 is 0 Å². The zero-order valence-electron chi connectivity index (χ0n) is 11.3. The van der Waals surface area contributed by atoms with Crippen molar-refractivity contribution in [3.05, 3.63) is 28.8 Å². The first kappa shape index (κ1) is 11.7. The Labute approximate surface area is 114 Å². The van der Waals surface area contributed by atoms with Crippen LogP contribution in [0.1, 0.15) is 29.5 Å². The van der Waals surface area contributed by atoms with Gasteiger partial charge in [-0.05, 0) is 42.4 Å². The summed E-state index contributed by atoms with van der Waals surface area (Å²) in [4.78, 5) is 2.56. The number of aryl methyl sites for hydroxylation is 2. The van der Waals surface area contributed by atoms with Crippen molar-refractivity contribution in [3.8, 4) is 0 Å². The molecule has 3 aliphatic heterocycles. The van der Waals surface area contributed by atoms with E-state index in [2.05, 4.69) is 17.0 Å². The van der Waals surface area contributed by atoms with Crippen molar-refractivity contribution >= 4 is 5.69 Å². The number of anilines is 1. The molecule has 0 amide bonds. The number of benzene rings is 1. The van der Waals surface area contributed by atoms with Crippen LogP contribution in [0, 0.1) is 0 Å². The lowest BCUT2D eigenvalue weighted by Gasteiger charge is -2.43. The molecule has 102 valence electrons. The lowest BCUT2D eigenvalue weighted by Crippen LogP contribution is -2.50. The van der Waals surface area contributed by atoms with E-state index in [0.717, 1.165) is 0 Å². The average molecular weight is 259 g/mol. The van der Waals surface area contributed by atoms with Crippen molar-refractivity contribution in [1.82, 2.24) is 0 Å². The number of rotatable bonds is 2. The Kier molecular flexibility index (Phi) is 2.61. The highest BCUT2D eigenvalue weighted by molar-refractivity contribution is 5.64. The van der Waals surface area contributed by atoms with Crippen LogP contribution < -0.4 is 4.90 Å². The second kappa shape index (κ2) is 4.22. The van der Waals surface area contributed by atoms with Gasteiger partial charge in [-0.3, -0.25) is 0 Å². The average Bonchev–Trinajstić information content (AvgIpc) is 2.39. The molecule has 19 heavy (non-hydrogen) atoms. The first-order valence-corrected chi connectivity index (χ1v) is 7.42. The molecule has 0 radical (unpaired) electrons. The Bertz CT molecular complexity index is 471. The van der Waals surface area contributed by atoms with E-state index in [-0.39, 0.29) is 12.0 Å². The van der Waals surface area contributed by atoms with E-state index >= 15 is 0 Å². The molecule has 1 N–H and O–H groups in total. The lowest BCUT2D eigenvalue weighted by atomic mass is 9.76. The Balaban J connectivity index is 1.83. The Morgan fingerprint density at radius 2 is 1.74 bits per heavy atom. The zero-order chi connectivity index (χ0) is 12.9. The van der Waals surface area contributed by atoms with Gasteiger partial charge < -0.3 is 14.7 Å². The molecule has 0 saturated carbocycles. The van der Waals surface area contributed by atoms with Crippen LogP contribution in [0.25, 0.3) is 0 Å². The van der Waals surface area contributed by atoms with E-state index in [1.165, 1.54) is 61.2 Å². The Morgan fingerprint density at radius 3 is 2.21 bits per heavy atom. The highest BCUT2D eigenvalue weighted by Crippen LogP contribution is 2.40. The number of ether oxygens (including phenoxy) is 1. The van der Waals surface area contributed by atoms with Crippen molar-refractivity contribution in [3.63, 3.8) is 0 Å². The molecule has 3 nitrogen and oxygen atoms in total. The maximum Gasteiger partial charge on any atom is 0.0651 e. The van der Waals surface area contributed by atoms with Crippen molar-refractivity contribution in [2.75, 3.05) is 37.8 Å².